The summed E-state index contributed by atoms with van der Waals surface area (Å²) >= 11 is 0. The van der Waals surface area contributed by atoms with E-state index in [1.807, 2.05) is 18.2 Å². The van der Waals surface area contributed by atoms with Gasteiger partial charge in [0.2, 0.25) is 0 Å². The summed E-state index contributed by atoms with van der Waals surface area (Å²) in [7, 11) is 1.70. The zero-order valence-electron chi connectivity index (χ0n) is 21.4. The molecule has 1 fully saturated rings. The van der Waals surface area contributed by atoms with Gasteiger partial charge < -0.3 is 20.7 Å². The fourth-order valence-electron chi connectivity index (χ4n) is 5.43. The molecule has 1 saturated heterocycles. The SMILES string of the molecule is CCCCc1c(C(N)=O)c(N2CCNCC2)c(-c2ccccc2OC)c2cc3ccccc3cc12.Cl.Cl. The molecule has 5 nitrogen and oxygen atoms in total. The predicted octanol–water partition coefficient (Wildman–Crippen LogP) is 6.36. The minimum Gasteiger partial charge on any atom is -0.496 e. The topological polar surface area (TPSA) is 67.6 Å². The number of rotatable bonds is 7. The van der Waals surface area contributed by atoms with Gasteiger partial charge >= 0.3 is 0 Å². The molecule has 0 radical (unpaired) electrons. The molecular formula is C30H35Cl2N3O2. The van der Waals surface area contributed by atoms with Gasteiger partial charge in [-0.1, -0.05) is 55.8 Å². The Morgan fingerprint density at radius 2 is 1.59 bits per heavy atom. The van der Waals surface area contributed by atoms with Crippen LogP contribution in [0.3, 0.4) is 0 Å². The van der Waals surface area contributed by atoms with Crippen molar-refractivity contribution in [2.24, 2.45) is 5.73 Å². The number of nitrogens with one attached hydrogen (secondary N) is 1. The molecule has 1 heterocycles. The smallest absolute Gasteiger partial charge is 0.251 e. The Morgan fingerprint density at radius 1 is 0.973 bits per heavy atom. The second-order valence-corrected chi connectivity index (χ2v) is 9.23. The molecule has 1 amide bonds. The summed E-state index contributed by atoms with van der Waals surface area (Å²) in [6.07, 6.45) is 2.86. The molecule has 0 aromatic heterocycles. The number of methoxy groups -OCH3 is 1. The summed E-state index contributed by atoms with van der Waals surface area (Å²) in [4.78, 5) is 15.6. The predicted molar refractivity (Wildman–Crippen MR) is 160 cm³/mol. The van der Waals surface area contributed by atoms with E-state index in [1.165, 1.54) is 5.39 Å². The van der Waals surface area contributed by atoms with Crippen molar-refractivity contribution in [2.45, 2.75) is 26.2 Å². The lowest BCUT2D eigenvalue weighted by atomic mass is 9.84. The van der Waals surface area contributed by atoms with Crippen LogP contribution in [-0.2, 0) is 6.42 Å². The van der Waals surface area contributed by atoms with E-state index in [9.17, 15) is 4.79 Å². The first-order chi connectivity index (χ1) is 17.1. The van der Waals surface area contributed by atoms with E-state index in [1.54, 1.807) is 7.11 Å². The van der Waals surface area contributed by atoms with Crippen LogP contribution in [0.1, 0.15) is 35.7 Å². The number of carbonyl (C=O) groups excluding carboxylic acids is 1. The Balaban J connectivity index is 0.00000190. The van der Waals surface area contributed by atoms with Crippen LogP contribution in [0.5, 0.6) is 5.75 Å². The molecule has 0 atom stereocenters. The summed E-state index contributed by atoms with van der Waals surface area (Å²) in [6.45, 7) is 5.54. The zero-order valence-corrected chi connectivity index (χ0v) is 23.0. The van der Waals surface area contributed by atoms with Gasteiger partial charge in [0.1, 0.15) is 5.75 Å². The monoisotopic (exact) mass is 539 g/mol. The number of halogens is 2. The number of hydrogen-bond donors (Lipinski definition) is 2. The van der Waals surface area contributed by atoms with Crippen molar-refractivity contribution in [1.82, 2.24) is 5.32 Å². The highest BCUT2D eigenvalue weighted by Crippen LogP contribution is 2.47. The minimum atomic E-state index is -0.365. The number of piperazine rings is 1. The number of primary amides is 1. The molecule has 0 aliphatic carbocycles. The van der Waals surface area contributed by atoms with E-state index < -0.39 is 0 Å². The van der Waals surface area contributed by atoms with Gasteiger partial charge in [-0.2, -0.15) is 0 Å². The van der Waals surface area contributed by atoms with Gasteiger partial charge in [0, 0.05) is 37.3 Å². The molecule has 0 unspecified atom stereocenters. The summed E-state index contributed by atoms with van der Waals surface area (Å²) < 4.78 is 5.83. The average Bonchev–Trinajstić information content (AvgIpc) is 2.90. The molecule has 3 N–H and O–H groups in total. The van der Waals surface area contributed by atoms with Crippen LogP contribution < -0.4 is 20.7 Å². The van der Waals surface area contributed by atoms with Crippen molar-refractivity contribution in [3.8, 4) is 16.9 Å². The first-order valence-corrected chi connectivity index (χ1v) is 12.5. The van der Waals surface area contributed by atoms with Crippen LogP contribution in [0.4, 0.5) is 5.69 Å². The fraction of sp³-hybridized carbons (Fsp3) is 0.300. The third kappa shape index (κ3) is 5.35. The summed E-state index contributed by atoms with van der Waals surface area (Å²) in [6, 6.07) is 21.0. The molecule has 37 heavy (non-hydrogen) atoms. The number of ether oxygens (including phenoxy) is 1. The van der Waals surface area contributed by atoms with Crippen molar-refractivity contribution in [3.63, 3.8) is 0 Å². The van der Waals surface area contributed by atoms with Crippen LogP contribution in [0.15, 0.2) is 60.7 Å². The average molecular weight is 541 g/mol. The number of nitrogens with two attached hydrogens (primary N) is 1. The number of amides is 1. The van der Waals surface area contributed by atoms with Gasteiger partial charge in [0.15, 0.2) is 0 Å². The largest absolute Gasteiger partial charge is 0.496 e. The van der Waals surface area contributed by atoms with Crippen LogP contribution in [0.25, 0.3) is 32.7 Å². The van der Waals surface area contributed by atoms with E-state index in [4.69, 9.17) is 10.5 Å². The molecular weight excluding hydrogens is 505 g/mol. The van der Waals surface area contributed by atoms with E-state index in [0.717, 1.165) is 89.7 Å². The maximum Gasteiger partial charge on any atom is 0.251 e. The maximum atomic E-state index is 13.2. The Labute approximate surface area is 231 Å². The second-order valence-electron chi connectivity index (χ2n) is 9.23. The number of nitrogens with zero attached hydrogens (tertiary/aromatic N) is 1. The van der Waals surface area contributed by atoms with Gasteiger partial charge in [-0.15, -0.1) is 24.8 Å². The van der Waals surface area contributed by atoms with Gasteiger partial charge in [0.05, 0.1) is 18.4 Å². The summed E-state index contributed by atoms with van der Waals surface area (Å²) in [5, 5.41) is 8.02. The molecule has 5 rings (SSSR count). The lowest BCUT2D eigenvalue weighted by Crippen LogP contribution is -2.44. The van der Waals surface area contributed by atoms with Crippen LogP contribution in [-0.4, -0.2) is 39.2 Å². The van der Waals surface area contributed by atoms with Crippen LogP contribution in [0, 0.1) is 0 Å². The molecule has 196 valence electrons. The quantitative estimate of drug-likeness (QED) is 0.268. The molecule has 1 aliphatic rings. The molecule has 0 bridgehead atoms. The van der Waals surface area contributed by atoms with E-state index in [0.29, 0.717) is 5.56 Å². The third-order valence-corrected chi connectivity index (χ3v) is 7.09. The molecule has 4 aromatic rings. The molecule has 1 aliphatic heterocycles. The number of hydrogen-bond acceptors (Lipinski definition) is 4. The molecule has 4 aromatic carbocycles. The van der Waals surface area contributed by atoms with Crippen LogP contribution in [0.2, 0.25) is 0 Å². The molecule has 7 heteroatoms. The minimum absolute atomic E-state index is 0. The van der Waals surface area contributed by atoms with Crippen LogP contribution >= 0.6 is 24.8 Å². The van der Waals surface area contributed by atoms with Crippen molar-refractivity contribution < 1.29 is 9.53 Å². The Kier molecular flexibility index (Phi) is 9.66. The van der Waals surface area contributed by atoms with E-state index >= 15 is 0 Å². The third-order valence-electron chi connectivity index (χ3n) is 7.09. The number of para-hydroxylation sites is 1. The highest BCUT2D eigenvalue weighted by molar-refractivity contribution is 6.17. The second kappa shape index (κ2) is 12.5. The van der Waals surface area contributed by atoms with E-state index in [2.05, 4.69) is 59.6 Å². The van der Waals surface area contributed by atoms with E-state index in [-0.39, 0.29) is 30.7 Å². The fourth-order valence-corrected chi connectivity index (χ4v) is 5.43. The summed E-state index contributed by atoms with van der Waals surface area (Å²) in [5.41, 5.74) is 10.9. The Morgan fingerprint density at radius 3 is 2.22 bits per heavy atom. The van der Waals surface area contributed by atoms with Crippen molar-refractivity contribution in [3.05, 3.63) is 71.8 Å². The van der Waals surface area contributed by atoms with Gasteiger partial charge in [-0.25, -0.2) is 0 Å². The number of anilines is 1. The van der Waals surface area contributed by atoms with Crippen molar-refractivity contribution in [1.29, 1.82) is 0 Å². The normalized spacial score (nSPS) is 13.2. The number of fused-ring (bicyclic) bond motifs is 2. The lowest BCUT2D eigenvalue weighted by Gasteiger charge is -2.34. The van der Waals surface area contributed by atoms with Gasteiger partial charge in [-0.3, -0.25) is 4.79 Å². The number of unbranched alkanes of at least 4 members (excludes halogenated alkanes) is 1. The molecule has 0 saturated carbocycles. The zero-order chi connectivity index (χ0) is 24.4. The first-order valence-electron chi connectivity index (χ1n) is 12.5. The van der Waals surface area contributed by atoms with Gasteiger partial charge in [0.25, 0.3) is 5.91 Å². The molecule has 0 spiro atoms. The first kappa shape index (κ1) is 28.6. The van der Waals surface area contributed by atoms with Crippen molar-refractivity contribution >= 4 is 58.0 Å². The maximum absolute atomic E-state index is 13.2. The Bertz CT molecular complexity index is 1400. The highest BCUT2D eigenvalue weighted by Gasteiger charge is 2.29. The number of aryl methyl sites for hydroxylation is 1. The highest BCUT2D eigenvalue weighted by atomic mass is 35.5. The lowest BCUT2D eigenvalue weighted by molar-refractivity contribution is 0.1000. The number of carbonyl (C=O) groups is 1. The van der Waals surface area contributed by atoms with Crippen molar-refractivity contribution in [2.75, 3.05) is 38.2 Å². The van der Waals surface area contributed by atoms with Gasteiger partial charge in [-0.05, 0) is 58.1 Å². The standard InChI is InChI=1S/C30H33N3O2.2ClH/c1-3-4-11-22-24-18-20-9-5-6-10-21(20)19-25(24)27(23-12-7-8-13-26(23)35-2)29(28(22)30(31)34)33-16-14-32-15-17-33;;/h5-10,12-13,18-19,32H,3-4,11,14-17H2,1-2H3,(H2,31,34);2*1H. The number of benzene rings is 4. The summed E-state index contributed by atoms with van der Waals surface area (Å²) in [5.74, 6) is 0.422. The Hall–Kier alpha value is -2.99.